The number of nitrogens with zero attached hydrogens (tertiary/aromatic N) is 4. The van der Waals surface area contributed by atoms with Gasteiger partial charge in [0.2, 0.25) is 5.95 Å². The fraction of sp³-hybridized carbons (Fsp3) is 0.647. The SMILES string of the molecule is Cn1nc(CO)nc1NCCSCc1csc(CN2CCCCC2)c1. The van der Waals surface area contributed by atoms with Crippen molar-refractivity contribution in [3.05, 3.63) is 27.7 Å². The van der Waals surface area contributed by atoms with Crippen LogP contribution in [0.3, 0.4) is 0 Å². The van der Waals surface area contributed by atoms with Gasteiger partial charge in [0.15, 0.2) is 5.82 Å². The maximum Gasteiger partial charge on any atom is 0.221 e. The second-order valence-electron chi connectivity index (χ2n) is 6.37. The van der Waals surface area contributed by atoms with E-state index in [-0.39, 0.29) is 6.61 Å². The summed E-state index contributed by atoms with van der Waals surface area (Å²) in [6, 6.07) is 2.37. The molecule has 0 amide bonds. The predicted octanol–water partition coefficient (Wildman–Crippen LogP) is 2.70. The fourth-order valence-electron chi connectivity index (χ4n) is 3.01. The highest BCUT2D eigenvalue weighted by Crippen LogP contribution is 2.22. The third-order valence-corrected chi connectivity index (χ3v) is 6.28. The van der Waals surface area contributed by atoms with Gasteiger partial charge in [-0.2, -0.15) is 21.8 Å². The Kier molecular flexibility index (Phi) is 7.15. The van der Waals surface area contributed by atoms with Gasteiger partial charge in [0.1, 0.15) is 6.61 Å². The van der Waals surface area contributed by atoms with Gasteiger partial charge < -0.3 is 10.4 Å². The number of likely N-dealkylation sites (tertiary alicyclic amines) is 1. The molecular formula is C17H27N5OS2. The Morgan fingerprint density at radius 2 is 2.16 bits per heavy atom. The van der Waals surface area contributed by atoms with Crippen molar-refractivity contribution < 1.29 is 5.11 Å². The minimum absolute atomic E-state index is 0.123. The normalized spacial score (nSPS) is 15.6. The first-order chi connectivity index (χ1) is 12.2. The molecule has 2 N–H and O–H groups in total. The number of nitrogens with one attached hydrogen (secondary N) is 1. The topological polar surface area (TPSA) is 66.2 Å². The number of hydrogen-bond donors (Lipinski definition) is 2. The number of thioether (sulfide) groups is 1. The Bertz CT molecular complexity index is 651. The van der Waals surface area contributed by atoms with Gasteiger partial charge in [-0.1, -0.05) is 6.42 Å². The number of hydrogen-bond acceptors (Lipinski definition) is 7. The van der Waals surface area contributed by atoms with E-state index in [4.69, 9.17) is 5.11 Å². The van der Waals surface area contributed by atoms with Crippen LogP contribution in [-0.2, 0) is 26.0 Å². The summed E-state index contributed by atoms with van der Waals surface area (Å²) in [5, 5.41) is 18.7. The monoisotopic (exact) mass is 381 g/mol. The van der Waals surface area contributed by atoms with Crippen molar-refractivity contribution in [3.63, 3.8) is 0 Å². The molecule has 0 aliphatic carbocycles. The molecule has 1 aliphatic rings. The average molecular weight is 382 g/mol. The van der Waals surface area contributed by atoms with Crippen molar-refractivity contribution in [1.82, 2.24) is 19.7 Å². The predicted molar refractivity (Wildman–Crippen MR) is 105 cm³/mol. The van der Waals surface area contributed by atoms with Crippen molar-refractivity contribution in [1.29, 1.82) is 0 Å². The van der Waals surface area contributed by atoms with Crippen LogP contribution in [0, 0.1) is 0 Å². The average Bonchev–Trinajstić information content (AvgIpc) is 3.22. The molecule has 3 heterocycles. The number of anilines is 1. The second kappa shape index (κ2) is 9.56. The lowest BCUT2D eigenvalue weighted by Gasteiger charge is -2.25. The van der Waals surface area contributed by atoms with Crippen LogP contribution in [-0.4, -0.2) is 50.2 Å². The van der Waals surface area contributed by atoms with E-state index in [9.17, 15) is 0 Å². The van der Waals surface area contributed by atoms with Crippen LogP contribution < -0.4 is 5.32 Å². The molecule has 0 atom stereocenters. The smallest absolute Gasteiger partial charge is 0.221 e. The van der Waals surface area contributed by atoms with E-state index >= 15 is 0 Å². The van der Waals surface area contributed by atoms with Crippen LogP contribution in [0.25, 0.3) is 0 Å². The zero-order chi connectivity index (χ0) is 17.5. The van der Waals surface area contributed by atoms with Crippen LogP contribution in [0.2, 0.25) is 0 Å². The van der Waals surface area contributed by atoms with Gasteiger partial charge in [0.25, 0.3) is 0 Å². The molecule has 0 saturated carbocycles. The quantitative estimate of drug-likeness (QED) is 0.651. The molecule has 3 rings (SSSR count). The Morgan fingerprint density at radius 3 is 2.92 bits per heavy atom. The van der Waals surface area contributed by atoms with E-state index in [1.165, 1.54) is 42.8 Å². The van der Waals surface area contributed by atoms with E-state index in [2.05, 4.69) is 31.7 Å². The molecule has 6 nitrogen and oxygen atoms in total. The van der Waals surface area contributed by atoms with Crippen molar-refractivity contribution >= 4 is 29.0 Å². The zero-order valence-corrected chi connectivity index (χ0v) is 16.4. The largest absolute Gasteiger partial charge is 0.388 e. The Morgan fingerprint density at radius 1 is 1.32 bits per heavy atom. The highest BCUT2D eigenvalue weighted by Gasteiger charge is 2.11. The molecule has 0 aromatic carbocycles. The number of aliphatic hydroxyl groups is 1. The molecule has 0 radical (unpaired) electrons. The summed E-state index contributed by atoms with van der Waals surface area (Å²) in [5.41, 5.74) is 1.43. The van der Waals surface area contributed by atoms with Gasteiger partial charge in [-0.05, 0) is 42.9 Å². The number of piperidine rings is 1. The Hall–Kier alpha value is -1.09. The van der Waals surface area contributed by atoms with Crippen LogP contribution in [0.1, 0.15) is 35.5 Å². The highest BCUT2D eigenvalue weighted by atomic mass is 32.2. The standard InChI is InChI=1S/C17H27N5OS2/c1-21-17(19-16(11-23)20-21)18-5-8-24-12-14-9-15(25-13-14)10-22-6-3-2-4-7-22/h9,13,23H,2-8,10-12H2,1H3,(H,18,19,20). The summed E-state index contributed by atoms with van der Waals surface area (Å²) in [4.78, 5) is 8.29. The van der Waals surface area contributed by atoms with E-state index < -0.39 is 0 Å². The Balaban J connectivity index is 1.34. The summed E-state index contributed by atoms with van der Waals surface area (Å²) < 4.78 is 1.67. The lowest BCUT2D eigenvalue weighted by atomic mass is 10.1. The van der Waals surface area contributed by atoms with Gasteiger partial charge in [0.05, 0.1) is 0 Å². The first-order valence-corrected chi connectivity index (χ1v) is 10.9. The van der Waals surface area contributed by atoms with E-state index in [0.717, 1.165) is 24.6 Å². The maximum absolute atomic E-state index is 9.04. The molecular weight excluding hydrogens is 354 g/mol. The van der Waals surface area contributed by atoms with Crippen molar-refractivity contribution in [3.8, 4) is 0 Å². The summed E-state index contributed by atoms with van der Waals surface area (Å²) >= 11 is 3.82. The summed E-state index contributed by atoms with van der Waals surface area (Å²) in [6.45, 7) is 4.35. The summed E-state index contributed by atoms with van der Waals surface area (Å²) in [7, 11) is 1.83. The molecule has 0 bridgehead atoms. The molecule has 2 aromatic heterocycles. The van der Waals surface area contributed by atoms with E-state index in [1.807, 2.05) is 30.1 Å². The number of aryl methyl sites for hydroxylation is 1. The van der Waals surface area contributed by atoms with Crippen LogP contribution in [0.15, 0.2) is 11.4 Å². The lowest BCUT2D eigenvalue weighted by Crippen LogP contribution is -2.28. The second-order valence-corrected chi connectivity index (χ2v) is 8.47. The summed E-state index contributed by atoms with van der Waals surface area (Å²) in [6.07, 6.45) is 4.10. The third kappa shape index (κ3) is 5.70. The number of aliphatic hydroxyl groups excluding tert-OH is 1. The van der Waals surface area contributed by atoms with Crippen molar-refractivity contribution in [2.75, 3.05) is 30.7 Å². The third-order valence-electron chi connectivity index (χ3n) is 4.28. The van der Waals surface area contributed by atoms with E-state index in [0.29, 0.717) is 11.8 Å². The highest BCUT2D eigenvalue weighted by molar-refractivity contribution is 7.98. The van der Waals surface area contributed by atoms with Gasteiger partial charge in [-0.3, -0.25) is 4.90 Å². The van der Waals surface area contributed by atoms with Crippen LogP contribution in [0.4, 0.5) is 5.95 Å². The van der Waals surface area contributed by atoms with Gasteiger partial charge in [-0.25, -0.2) is 4.68 Å². The van der Waals surface area contributed by atoms with Gasteiger partial charge in [0, 0.05) is 36.5 Å². The van der Waals surface area contributed by atoms with Crippen LogP contribution >= 0.6 is 23.1 Å². The number of rotatable bonds is 9. The van der Waals surface area contributed by atoms with Crippen LogP contribution in [0.5, 0.6) is 0 Å². The number of aromatic nitrogens is 3. The minimum Gasteiger partial charge on any atom is -0.388 e. The first-order valence-electron chi connectivity index (χ1n) is 8.85. The maximum atomic E-state index is 9.04. The summed E-state index contributed by atoms with van der Waals surface area (Å²) in [5.74, 6) is 3.23. The first kappa shape index (κ1) is 18.7. The molecule has 0 unspecified atom stereocenters. The number of thiophene rings is 1. The molecule has 25 heavy (non-hydrogen) atoms. The van der Waals surface area contributed by atoms with Crippen molar-refractivity contribution in [2.24, 2.45) is 7.05 Å². The van der Waals surface area contributed by atoms with Gasteiger partial charge >= 0.3 is 0 Å². The van der Waals surface area contributed by atoms with Gasteiger partial charge in [-0.15, -0.1) is 11.3 Å². The molecule has 1 saturated heterocycles. The lowest BCUT2D eigenvalue weighted by molar-refractivity contribution is 0.222. The molecule has 8 heteroatoms. The van der Waals surface area contributed by atoms with Crippen molar-refractivity contribution in [2.45, 2.75) is 38.2 Å². The Labute approximate surface area is 157 Å². The minimum atomic E-state index is -0.123. The van der Waals surface area contributed by atoms with E-state index in [1.54, 1.807) is 4.68 Å². The molecule has 0 spiro atoms. The molecule has 138 valence electrons. The molecule has 1 fully saturated rings. The molecule has 1 aliphatic heterocycles. The zero-order valence-electron chi connectivity index (χ0n) is 14.8. The molecule has 2 aromatic rings. The fourth-order valence-corrected chi connectivity index (χ4v) is 4.84.